The molecule has 0 unspecified atom stereocenters. The van der Waals surface area contributed by atoms with E-state index in [1.54, 1.807) is 132 Å². The lowest BCUT2D eigenvalue weighted by atomic mass is 11.0. The maximum absolute atomic E-state index is 1.94. The molecule has 2 aliphatic heterocycles. The summed E-state index contributed by atoms with van der Waals surface area (Å²) in [4.78, 5) is 0. The first-order chi connectivity index (χ1) is 18.2. The molecular weight excluding hydrogens is 995 g/mol. The van der Waals surface area contributed by atoms with Crippen molar-refractivity contribution in [1.82, 2.24) is 0 Å². The third kappa shape index (κ3) is 165. The molecule has 0 aliphatic carbocycles. The molecule has 2 fully saturated rings. The van der Waals surface area contributed by atoms with Gasteiger partial charge in [-0.1, -0.05) is 46.1 Å². The Hall–Kier alpha value is 6.94. The highest BCUT2D eigenvalue weighted by atomic mass is 30.1. The highest BCUT2D eigenvalue weighted by Gasteiger charge is 2.00. The molecule has 0 saturated carbocycles. The van der Waals surface area contributed by atoms with Crippen molar-refractivity contribution in [3.8, 4) is 0 Å². The zero-order valence-corrected chi connectivity index (χ0v) is 85.8. The second-order valence-corrected chi connectivity index (χ2v) is 236. The van der Waals surface area contributed by atoms with E-state index < -0.39 is 0 Å². The maximum Gasteiger partial charge on any atom is 0.0129 e. The van der Waals surface area contributed by atoms with Crippen LogP contribution in [0.2, 0.25) is 46.1 Å². The van der Waals surface area contributed by atoms with Gasteiger partial charge in [-0.05, 0) is 237 Å². The van der Waals surface area contributed by atoms with E-state index in [0.29, 0.717) is 18.6 Å². The fourth-order valence-electron chi connectivity index (χ4n) is 2.30. The molecule has 2 heterocycles. The molecule has 0 amide bonds. The summed E-state index contributed by atoms with van der Waals surface area (Å²) in [5.74, 6) is 0. The van der Waals surface area contributed by atoms with Crippen molar-refractivity contribution in [2.24, 2.45) is 0 Å². The lowest BCUT2D eigenvalue weighted by molar-refractivity contribution is 1.46. The van der Waals surface area contributed by atoms with Gasteiger partial charge in [-0.2, -0.15) is 0 Å². The van der Waals surface area contributed by atoms with Gasteiger partial charge in [0.25, 0.3) is 0 Å². The van der Waals surface area contributed by atoms with Crippen molar-refractivity contribution >= 4 is 300 Å². The lowest BCUT2D eigenvalue weighted by Gasteiger charge is -2.02. The van der Waals surface area contributed by atoms with Crippen LogP contribution in [0.4, 0.5) is 0 Å². The van der Waals surface area contributed by atoms with Crippen LogP contribution in [0.25, 0.3) is 0 Å². The number of rotatable bonds is 4. The smallest absolute Gasteiger partial charge is 0.0129 e. The Labute approximate surface area is 341 Å². The first kappa shape index (κ1) is 65.3. The fraction of sp³-hybridized carbons (Fsp3) is 1.00. The van der Waals surface area contributed by atoms with Crippen molar-refractivity contribution in [1.29, 1.82) is 0 Å². The Morgan fingerprint density at radius 1 is 0.625 bits per heavy atom. The minimum Gasteiger partial charge on any atom is -0.0778 e. The van der Waals surface area contributed by atoms with Gasteiger partial charge in [0.2, 0.25) is 0 Å². The van der Waals surface area contributed by atoms with E-state index >= 15 is 0 Å². The SMILES string of the molecule is C1C[SiH2][SiH2][SiH2]1.C1[SiH2][SiH2][SiH2][SiH2][SiH2]1.[SiH3]C[SiH2]C[SiH3].[SiH3]C[SiH2][SiH3].[SiH3]C[SiH3].[SiH3]C[SiH]([SiH3])[SiH3].[SiH3][SiH3].[SiH3][SiH]([SiH3])[SiH3].[SiH3][Si]([SiH3])([SiH3])[SiH3].[SiH4]. The second kappa shape index (κ2) is 68.0. The first-order valence-corrected chi connectivity index (χ1v) is 111. The average Bonchev–Trinajstić information content (AvgIpc) is 3.47. The zero-order chi connectivity index (χ0) is 32.4. The monoisotopic (exact) mass is 1090 g/mol. The van der Waals surface area contributed by atoms with E-state index in [2.05, 4.69) is 0 Å². The molecule has 0 bridgehead atoms. The minimum atomic E-state index is -0.0556. The summed E-state index contributed by atoms with van der Waals surface area (Å²) in [6, 6.07) is 3.52. The molecule has 0 aromatic rings. The first-order valence-electron chi connectivity index (χ1n) is 18.2. The topological polar surface area (TPSA) is 0 Å². The molecule has 2 saturated heterocycles. The van der Waals surface area contributed by atoms with Gasteiger partial charge in [0, 0.05) is 62.5 Å². The molecule has 0 aromatic carbocycles. The van der Waals surface area contributed by atoms with Crippen LogP contribution < -0.4 is 0 Å². The zero-order valence-electron chi connectivity index (χ0n) is 32.4. The summed E-state index contributed by atoms with van der Waals surface area (Å²) >= 11 is 0. The standard InChI is InChI=1S/C2H10Si3.C2H12Si3.CH12Si5.CH12Si4.CH10Si3.CH8Si2.H12Si5.H10Si4.H6Si2.H4Si/c1-2-4-5-3-1;3-1-5-2-4;1-2-4-6-5-3-1;2-1-5(3)4;2-1-4-3;2-1-3;1-5(2,3)4;1-4(2)3;1-2;/h1-5H2;1-2,5H2,3-4H3;1-6H2;5H,1H2,2-4H3;1,4H2,2-3H3;1H2,2-3H3;1-4H3;4H,1-3H3;1-2H3;1H4. The predicted molar refractivity (Wildman–Crippen MR) is 334 cm³/mol. The van der Waals surface area contributed by atoms with Gasteiger partial charge in [-0.25, -0.2) is 0 Å². The highest BCUT2D eigenvalue weighted by molar-refractivity contribution is 7.76. The van der Waals surface area contributed by atoms with Crippen LogP contribution in [0.1, 0.15) is 0 Å². The van der Waals surface area contributed by atoms with Gasteiger partial charge >= 0.3 is 0 Å². The average molecular weight is 1090 g/mol. The van der Waals surface area contributed by atoms with E-state index in [1.165, 1.54) is 86.6 Å². The fourth-order valence-corrected chi connectivity index (χ4v) is 148. The van der Waals surface area contributed by atoms with Crippen molar-refractivity contribution < 1.29 is 0 Å². The summed E-state index contributed by atoms with van der Waals surface area (Å²) in [5.41, 5.74) is 10.1. The van der Waals surface area contributed by atoms with Gasteiger partial charge in [0.1, 0.15) is 0 Å². The highest BCUT2D eigenvalue weighted by Crippen LogP contribution is 1.92. The van der Waals surface area contributed by atoms with E-state index in [0.717, 1.165) is 70.4 Å². The molecule has 40 heavy (non-hydrogen) atoms. The summed E-state index contributed by atoms with van der Waals surface area (Å²) in [7, 11) is 36.1. The van der Waals surface area contributed by atoms with E-state index in [-0.39, 0.29) is 32.3 Å². The molecule has 2 rings (SSSR count). The van der Waals surface area contributed by atoms with Crippen LogP contribution >= 0.6 is 0 Å². The Kier molecular flexibility index (Phi) is 111. The van der Waals surface area contributed by atoms with Gasteiger partial charge < -0.3 is 0 Å². The second-order valence-electron chi connectivity index (χ2n) is 13.5. The van der Waals surface area contributed by atoms with Crippen LogP contribution in [0.5, 0.6) is 0 Å². The summed E-state index contributed by atoms with van der Waals surface area (Å²) in [6.45, 7) is 0. The molecular formula is C8H96Si32. The van der Waals surface area contributed by atoms with E-state index in [1.807, 2.05) is 5.67 Å². The van der Waals surface area contributed by atoms with Crippen LogP contribution in [0, 0.1) is 0 Å². The molecule has 0 atom stereocenters. The van der Waals surface area contributed by atoms with Crippen molar-refractivity contribution in [3.63, 3.8) is 0 Å². The summed E-state index contributed by atoms with van der Waals surface area (Å²) in [5, 5.41) is 0. The molecule has 2 aliphatic rings. The Bertz CT molecular complexity index is 270. The maximum atomic E-state index is 1.94. The van der Waals surface area contributed by atoms with Crippen LogP contribution in [0.15, 0.2) is 0 Å². The summed E-state index contributed by atoms with van der Waals surface area (Å²) < 4.78 is 0. The van der Waals surface area contributed by atoms with Gasteiger partial charge in [0.15, 0.2) is 0 Å². The molecule has 0 aromatic heterocycles. The Balaban J connectivity index is -0.0000000485. The Morgan fingerprint density at radius 3 is 0.950 bits per heavy atom. The molecule has 0 N–H and O–H groups in total. The third-order valence-corrected chi connectivity index (χ3v) is 130. The predicted octanol–water partition coefficient (Wildman–Crippen LogP) is -29.9. The number of hydrogen-bond donors (Lipinski definition) is 0. The van der Waals surface area contributed by atoms with Gasteiger partial charge in [-0.15, -0.1) is 0 Å². The van der Waals surface area contributed by atoms with Crippen molar-refractivity contribution in [3.05, 3.63) is 0 Å². The summed E-state index contributed by atoms with van der Waals surface area (Å²) in [6.07, 6.45) is -0.0556. The quantitative estimate of drug-likeness (QED) is 0.246. The van der Waals surface area contributed by atoms with Crippen molar-refractivity contribution in [2.45, 2.75) is 46.1 Å². The molecule has 0 radical (unpaired) electrons. The molecule has 0 spiro atoms. The van der Waals surface area contributed by atoms with Gasteiger partial charge in [-0.3, -0.25) is 0 Å². The minimum absolute atomic E-state index is 0. The third-order valence-electron chi connectivity index (χ3n) is 4.77. The van der Waals surface area contributed by atoms with Crippen molar-refractivity contribution in [2.75, 3.05) is 0 Å². The van der Waals surface area contributed by atoms with E-state index in [9.17, 15) is 0 Å². The molecule has 32 heteroatoms. The normalized spacial score (nSPS) is 21.9. The Morgan fingerprint density at radius 2 is 0.900 bits per heavy atom. The van der Waals surface area contributed by atoms with Crippen LogP contribution in [-0.4, -0.2) is 300 Å². The lowest BCUT2D eigenvalue weighted by Crippen LogP contribution is -2.38. The van der Waals surface area contributed by atoms with Crippen LogP contribution in [0.3, 0.4) is 0 Å². The number of hydrogen-bond acceptors (Lipinski definition) is 0. The molecule has 0 nitrogen and oxygen atoms in total. The van der Waals surface area contributed by atoms with E-state index in [4.69, 9.17) is 0 Å². The molecule has 256 valence electrons. The van der Waals surface area contributed by atoms with Crippen LogP contribution in [-0.2, 0) is 0 Å². The largest absolute Gasteiger partial charge is 0.0778 e. The van der Waals surface area contributed by atoms with Gasteiger partial charge in [0.05, 0.1) is 0 Å².